The van der Waals surface area contributed by atoms with Crippen molar-refractivity contribution < 1.29 is 12.8 Å². The van der Waals surface area contributed by atoms with Gasteiger partial charge in [0.25, 0.3) is 0 Å². The minimum Gasteiger partial charge on any atom is -0.326 e. The number of nitrogens with two attached hydrogens (primary N) is 1. The van der Waals surface area contributed by atoms with Gasteiger partial charge in [-0.1, -0.05) is 13.0 Å². The van der Waals surface area contributed by atoms with Crippen LogP contribution in [0.5, 0.6) is 0 Å². The predicted molar refractivity (Wildman–Crippen MR) is 79.7 cm³/mol. The monoisotopic (exact) mass is 315 g/mol. The minimum absolute atomic E-state index is 0.0550. The molecule has 0 radical (unpaired) electrons. The van der Waals surface area contributed by atoms with Crippen molar-refractivity contribution in [2.75, 3.05) is 20.1 Å². The van der Waals surface area contributed by atoms with E-state index in [9.17, 15) is 12.8 Å². The first-order valence-electron chi connectivity index (χ1n) is 7.03. The molecule has 0 aromatic heterocycles. The van der Waals surface area contributed by atoms with Crippen LogP contribution in [0.2, 0.25) is 0 Å². The van der Waals surface area contributed by atoms with Crippen molar-refractivity contribution in [3.05, 3.63) is 29.6 Å². The fourth-order valence-electron chi connectivity index (χ4n) is 2.74. The highest BCUT2D eigenvalue weighted by atomic mass is 32.2. The van der Waals surface area contributed by atoms with Crippen molar-refractivity contribution in [3.63, 3.8) is 0 Å². The van der Waals surface area contributed by atoms with Crippen LogP contribution < -0.4 is 10.5 Å². The van der Waals surface area contributed by atoms with Gasteiger partial charge in [0.1, 0.15) is 5.82 Å². The second-order valence-electron chi connectivity index (χ2n) is 5.71. The molecule has 2 unspecified atom stereocenters. The predicted octanol–water partition coefficient (Wildman–Crippen LogP) is 0.903. The second kappa shape index (κ2) is 6.39. The number of sulfonamides is 1. The Hall–Kier alpha value is -1.02. The molecule has 1 aromatic rings. The molecule has 0 spiro atoms. The van der Waals surface area contributed by atoms with E-state index in [0.717, 1.165) is 25.6 Å². The van der Waals surface area contributed by atoms with Crippen molar-refractivity contribution in [1.29, 1.82) is 0 Å². The number of hydrogen-bond acceptors (Lipinski definition) is 4. The largest absolute Gasteiger partial charge is 0.326 e. The van der Waals surface area contributed by atoms with E-state index in [1.165, 1.54) is 12.1 Å². The number of hydrogen-bond donors (Lipinski definition) is 2. The van der Waals surface area contributed by atoms with Gasteiger partial charge >= 0.3 is 0 Å². The molecule has 1 fully saturated rings. The summed E-state index contributed by atoms with van der Waals surface area (Å²) >= 11 is 0. The molecule has 1 aliphatic heterocycles. The number of rotatable bonds is 4. The first-order valence-corrected chi connectivity index (χ1v) is 8.51. The molecule has 1 aromatic carbocycles. The summed E-state index contributed by atoms with van der Waals surface area (Å²) in [4.78, 5) is 2.11. The minimum atomic E-state index is -3.76. The molecule has 0 aliphatic carbocycles. The van der Waals surface area contributed by atoms with E-state index in [0.29, 0.717) is 5.56 Å². The Balaban J connectivity index is 2.24. The lowest BCUT2D eigenvalue weighted by molar-refractivity contribution is 0.188. The third-order valence-electron chi connectivity index (χ3n) is 3.95. The van der Waals surface area contributed by atoms with Crippen LogP contribution in [0.4, 0.5) is 4.39 Å². The van der Waals surface area contributed by atoms with Crippen LogP contribution in [0.1, 0.15) is 18.9 Å². The fourth-order valence-corrected chi connectivity index (χ4v) is 4.38. The molecular weight excluding hydrogens is 293 g/mol. The quantitative estimate of drug-likeness (QED) is 0.866. The third kappa shape index (κ3) is 3.79. The van der Waals surface area contributed by atoms with Crippen LogP contribution in [-0.4, -0.2) is 39.5 Å². The Bertz CT molecular complexity index is 606. The lowest BCUT2D eigenvalue weighted by Gasteiger charge is -2.35. The van der Waals surface area contributed by atoms with E-state index in [-0.39, 0.29) is 23.4 Å². The molecule has 0 saturated carbocycles. The van der Waals surface area contributed by atoms with Gasteiger partial charge in [-0.3, -0.25) is 0 Å². The maximum atomic E-state index is 13.4. The topological polar surface area (TPSA) is 75.4 Å². The summed E-state index contributed by atoms with van der Waals surface area (Å²) < 4.78 is 41.1. The molecule has 118 valence electrons. The van der Waals surface area contributed by atoms with Gasteiger partial charge in [0.2, 0.25) is 10.0 Å². The van der Waals surface area contributed by atoms with Crippen LogP contribution in [0, 0.1) is 11.7 Å². The highest BCUT2D eigenvalue weighted by Crippen LogP contribution is 2.21. The van der Waals surface area contributed by atoms with Gasteiger partial charge in [-0.05, 0) is 43.6 Å². The van der Waals surface area contributed by atoms with Crippen molar-refractivity contribution in [3.8, 4) is 0 Å². The highest BCUT2D eigenvalue weighted by Gasteiger charge is 2.29. The lowest BCUT2D eigenvalue weighted by atomic mass is 9.95. The second-order valence-corrected chi connectivity index (χ2v) is 7.39. The first-order chi connectivity index (χ1) is 9.83. The van der Waals surface area contributed by atoms with Gasteiger partial charge in [-0.15, -0.1) is 0 Å². The number of likely N-dealkylation sites (tertiary alicyclic amines) is 1. The number of piperidine rings is 1. The van der Waals surface area contributed by atoms with Gasteiger partial charge in [-0.25, -0.2) is 17.5 Å². The summed E-state index contributed by atoms with van der Waals surface area (Å²) in [6.07, 6.45) is 0.740. The smallest absolute Gasteiger partial charge is 0.241 e. The lowest BCUT2D eigenvalue weighted by Crippen LogP contribution is -2.48. The molecule has 7 heteroatoms. The average molecular weight is 315 g/mol. The summed E-state index contributed by atoms with van der Waals surface area (Å²) in [5.41, 5.74) is 5.98. The number of nitrogens with one attached hydrogen (secondary N) is 1. The Labute approximate surface area is 125 Å². The molecule has 1 aliphatic rings. The van der Waals surface area contributed by atoms with E-state index in [1.807, 2.05) is 14.0 Å². The van der Waals surface area contributed by atoms with Gasteiger partial charge in [0.05, 0.1) is 4.90 Å². The fraction of sp³-hybridized carbons (Fsp3) is 0.571. The van der Waals surface area contributed by atoms with E-state index in [4.69, 9.17) is 5.73 Å². The van der Waals surface area contributed by atoms with Gasteiger partial charge < -0.3 is 10.6 Å². The van der Waals surface area contributed by atoms with Crippen molar-refractivity contribution in [2.24, 2.45) is 11.7 Å². The van der Waals surface area contributed by atoms with Crippen molar-refractivity contribution in [2.45, 2.75) is 30.8 Å². The van der Waals surface area contributed by atoms with E-state index in [1.54, 1.807) is 0 Å². The maximum absolute atomic E-state index is 13.4. The van der Waals surface area contributed by atoms with E-state index < -0.39 is 15.8 Å². The summed E-state index contributed by atoms with van der Waals surface area (Å²) in [5.74, 6) is -0.377. The average Bonchev–Trinajstić information content (AvgIpc) is 2.42. The van der Waals surface area contributed by atoms with Crippen LogP contribution >= 0.6 is 0 Å². The standard InChI is InChI=1S/C14H22FN3O2S/c1-10-9-18(2)6-5-13(10)17-21(19,20)14-7-12(15)4-3-11(14)8-16/h3-4,7,10,13,17H,5-6,8-9,16H2,1-2H3. The zero-order valence-electron chi connectivity index (χ0n) is 12.3. The van der Waals surface area contributed by atoms with E-state index in [2.05, 4.69) is 9.62 Å². The number of benzene rings is 1. The summed E-state index contributed by atoms with van der Waals surface area (Å²) in [6, 6.07) is 3.53. The molecule has 0 amide bonds. The maximum Gasteiger partial charge on any atom is 0.241 e. The summed E-state index contributed by atoms with van der Waals surface area (Å²) in [5, 5.41) is 0. The molecule has 1 heterocycles. The summed E-state index contributed by atoms with van der Waals surface area (Å²) in [6.45, 7) is 3.74. The van der Waals surface area contributed by atoms with Crippen LogP contribution in [-0.2, 0) is 16.6 Å². The van der Waals surface area contributed by atoms with Crippen LogP contribution in [0.3, 0.4) is 0 Å². The first kappa shape index (κ1) is 16.4. The Morgan fingerprint density at radius 3 is 2.81 bits per heavy atom. The van der Waals surface area contributed by atoms with Crippen LogP contribution in [0.15, 0.2) is 23.1 Å². The van der Waals surface area contributed by atoms with E-state index >= 15 is 0 Å². The van der Waals surface area contributed by atoms with Gasteiger partial charge in [-0.2, -0.15) is 0 Å². The highest BCUT2D eigenvalue weighted by molar-refractivity contribution is 7.89. The zero-order chi connectivity index (χ0) is 15.6. The molecule has 21 heavy (non-hydrogen) atoms. The summed E-state index contributed by atoms with van der Waals surface area (Å²) in [7, 11) is -1.75. The molecule has 1 saturated heterocycles. The normalized spacial score (nSPS) is 24.2. The Kier molecular flexibility index (Phi) is 4.98. The van der Waals surface area contributed by atoms with Gasteiger partial charge in [0, 0.05) is 19.1 Å². The molecule has 5 nitrogen and oxygen atoms in total. The van der Waals surface area contributed by atoms with Crippen LogP contribution in [0.25, 0.3) is 0 Å². The Morgan fingerprint density at radius 2 is 2.19 bits per heavy atom. The Morgan fingerprint density at radius 1 is 1.48 bits per heavy atom. The molecule has 2 atom stereocenters. The molecule has 2 rings (SSSR count). The molecule has 3 N–H and O–H groups in total. The molecule has 0 bridgehead atoms. The zero-order valence-corrected chi connectivity index (χ0v) is 13.2. The SMILES string of the molecule is CC1CN(C)CCC1NS(=O)(=O)c1cc(F)ccc1CN. The number of halogens is 1. The van der Waals surface area contributed by atoms with Gasteiger partial charge in [0.15, 0.2) is 0 Å². The van der Waals surface area contributed by atoms with Crippen molar-refractivity contribution in [1.82, 2.24) is 9.62 Å². The molecular formula is C14H22FN3O2S. The third-order valence-corrected chi connectivity index (χ3v) is 5.53. The number of nitrogens with zero attached hydrogens (tertiary/aromatic N) is 1. The van der Waals surface area contributed by atoms with Crippen molar-refractivity contribution >= 4 is 10.0 Å².